The van der Waals surface area contributed by atoms with Gasteiger partial charge in [0, 0.05) is 5.39 Å². The van der Waals surface area contributed by atoms with Gasteiger partial charge in [0.25, 0.3) is 0 Å². The van der Waals surface area contributed by atoms with Crippen LogP contribution in [0.25, 0.3) is 28.0 Å². The summed E-state index contributed by atoms with van der Waals surface area (Å²) in [6, 6.07) is 22.2. The Labute approximate surface area is 182 Å². The highest BCUT2D eigenvalue weighted by Crippen LogP contribution is 2.31. The highest BCUT2D eigenvalue weighted by molar-refractivity contribution is 5.88. The molecule has 32 heavy (non-hydrogen) atoms. The Morgan fingerprint density at radius 2 is 1.66 bits per heavy atom. The number of rotatable bonds is 5. The predicted octanol–water partition coefficient (Wildman–Crippen LogP) is 4.68. The lowest BCUT2D eigenvalue weighted by Gasteiger charge is -2.09. The molecule has 0 amide bonds. The van der Waals surface area contributed by atoms with Gasteiger partial charge in [0.2, 0.25) is 0 Å². The lowest BCUT2D eigenvalue weighted by molar-refractivity contribution is 0.0697. The number of benzene rings is 3. The van der Waals surface area contributed by atoms with Crippen molar-refractivity contribution in [2.45, 2.75) is 0 Å². The maximum absolute atomic E-state index is 11.0. The molecule has 0 unspecified atom stereocenters. The molecule has 0 aliphatic carbocycles. The number of aromatic carboxylic acids is 1. The molecule has 0 bridgehead atoms. The van der Waals surface area contributed by atoms with Gasteiger partial charge in [0.15, 0.2) is 0 Å². The zero-order chi connectivity index (χ0) is 22.1. The molecule has 0 fully saturated rings. The minimum Gasteiger partial charge on any atom is -0.508 e. The van der Waals surface area contributed by atoms with Gasteiger partial charge >= 0.3 is 5.97 Å². The fourth-order valence-corrected chi connectivity index (χ4v) is 3.26. The average molecular weight is 424 g/mol. The minimum atomic E-state index is -0.985. The van der Waals surface area contributed by atoms with E-state index in [1.165, 1.54) is 12.1 Å². The molecule has 5 aromatic rings. The number of aromatic nitrogens is 4. The van der Waals surface area contributed by atoms with Crippen molar-refractivity contribution in [3.63, 3.8) is 0 Å². The number of hydrogen-bond donors (Lipinski definition) is 2. The molecule has 0 saturated heterocycles. The molecule has 8 heteroatoms. The lowest BCUT2D eigenvalue weighted by Crippen LogP contribution is -1.95. The second-order valence-electron chi connectivity index (χ2n) is 7.02. The minimum absolute atomic E-state index is 0.182. The molecule has 2 heterocycles. The monoisotopic (exact) mass is 424 g/mol. The molecule has 0 aliphatic rings. The first-order valence-corrected chi connectivity index (χ1v) is 9.70. The van der Waals surface area contributed by atoms with Gasteiger partial charge in [-0.15, -0.1) is 5.10 Å². The van der Waals surface area contributed by atoms with Crippen LogP contribution in [0.4, 0.5) is 0 Å². The van der Waals surface area contributed by atoms with Crippen LogP contribution in [0.5, 0.6) is 17.2 Å². The van der Waals surface area contributed by atoms with E-state index in [9.17, 15) is 9.90 Å². The number of phenolic OH excluding ortho intramolecular Hbond substituents is 1. The number of hydrogen-bond acceptors (Lipinski definition) is 6. The summed E-state index contributed by atoms with van der Waals surface area (Å²) in [5, 5.41) is 27.6. The molecule has 0 atom stereocenters. The van der Waals surface area contributed by atoms with Crippen molar-refractivity contribution in [2.75, 3.05) is 0 Å². The largest absolute Gasteiger partial charge is 0.508 e. The summed E-state index contributed by atoms with van der Waals surface area (Å²) in [7, 11) is 0. The van der Waals surface area contributed by atoms with E-state index in [1.54, 1.807) is 47.3 Å². The van der Waals surface area contributed by atoms with Crippen molar-refractivity contribution in [1.82, 2.24) is 20.0 Å². The summed E-state index contributed by atoms with van der Waals surface area (Å²) < 4.78 is 7.57. The second kappa shape index (κ2) is 7.84. The zero-order valence-electron chi connectivity index (χ0n) is 16.6. The highest BCUT2D eigenvalue weighted by atomic mass is 16.5. The molecule has 0 radical (unpaired) electrons. The van der Waals surface area contributed by atoms with Crippen LogP contribution in [0, 0.1) is 0 Å². The maximum Gasteiger partial charge on any atom is 0.335 e. The van der Waals surface area contributed by atoms with Crippen LogP contribution in [-0.4, -0.2) is 36.2 Å². The molecule has 0 aliphatic heterocycles. The Hall–Kier alpha value is -4.72. The van der Waals surface area contributed by atoms with Crippen LogP contribution in [-0.2, 0) is 0 Å². The molecule has 5 rings (SSSR count). The lowest BCUT2D eigenvalue weighted by atomic mass is 10.1. The first kappa shape index (κ1) is 19.3. The van der Waals surface area contributed by atoms with E-state index in [4.69, 9.17) is 14.8 Å². The van der Waals surface area contributed by atoms with Gasteiger partial charge in [0.05, 0.1) is 28.7 Å². The van der Waals surface area contributed by atoms with Gasteiger partial charge in [-0.2, -0.15) is 0 Å². The number of aromatic hydroxyl groups is 1. The van der Waals surface area contributed by atoms with Gasteiger partial charge in [-0.05, 0) is 72.8 Å². The zero-order valence-corrected chi connectivity index (χ0v) is 16.6. The van der Waals surface area contributed by atoms with Crippen LogP contribution in [0.2, 0.25) is 0 Å². The van der Waals surface area contributed by atoms with Crippen molar-refractivity contribution in [3.8, 4) is 34.3 Å². The van der Waals surface area contributed by atoms with Crippen LogP contribution >= 0.6 is 0 Å². The summed E-state index contributed by atoms with van der Waals surface area (Å²) in [5.74, 6) is 0.336. The van der Waals surface area contributed by atoms with Gasteiger partial charge in [-0.1, -0.05) is 11.3 Å². The van der Waals surface area contributed by atoms with E-state index in [2.05, 4.69) is 10.3 Å². The molecule has 0 saturated carbocycles. The Balaban J connectivity index is 1.44. The number of carbonyl (C=O) groups is 1. The van der Waals surface area contributed by atoms with Crippen molar-refractivity contribution in [2.24, 2.45) is 0 Å². The van der Waals surface area contributed by atoms with Crippen molar-refractivity contribution >= 4 is 16.9 Å². The fourth-order valence-electron chi connectivity index (χ4n) is 3.26. The summed E-state index contributed by atoms with van der Waals surface area (Å²) in [6.07, 6.45) is 1.77. The third-order valence-electron chi connectivity index (χ3n) is 4.89. The molecule has 156 valence electrons. The summed E-state index contributed by atoms with van der Waals surface area (Å²) in [6.45, 7) is 0. The summed E-state index contributed by atoms with van der Waals surface area (Å²) in [5.41, 5.74) is 2.95. The Morgan fingerprint density at radius 3 is 2.41 bits per heavy atom. The van der Waals surface area contributed by atoms with E-state index < -0.39 is 5.97 Å². The van der Waals surface area contributed by atoms with Crippen LogP contribution in [0.1, 0.15) is 10.4 Å². The number of nitrogens with zero attached hydrogens (tertiary/aromatic N) is 4. The molecule has 8 nitrogen and oxygen atoms in total. The molecule has 2 aromatic heterocycles. The van der Waals surface area contributed by atoms with E-state index in [0.717, 1.165) is 16.6 Å². The highest BCUT2D eigenvalue weighted by Gasteiger charge is 2.11. The third kappa shape index (κ3) is 3.72. The number of ether oxygens (including phenoxy) is 1. The third-order valence-corrected chi connectivity index (χ3v) is 4.89. The van der Waals surface area contributed by atoms with Crippen molar-refractivity contribution in [1.29, 1.82) is 0 Å². The van der Waals surface area contributed by atoms with E-state index >= 15 is 0 Å². The molecule has 0 spiro atoms. The topological polar surface area (TPSA) is 110 Å². The van der Waals surface area contributed by atoms with Crippen LogP contribution in [0.15, 0.2) is 85.1 Å². The summed E-state index contributed by atoms with van der Waals surface area (Å²) >= 11 is 0. The van der Waals surface area contributed by atoms with Gasteiger partial charge < -0.3 is 14.9 Å². The average Bonchev–Trinajstić information content (AvgIpc) is 3.30. The van der Waals surface area contributed by atoms with Crippen molar-refractivity contribution in [3.05, 3.63) is 90.6 Å². The van der Waals surface area contributed by atoms with Gasteiger partial charge in [0.1, 0.15) is 22.9 Å². The second-order valence-corrected chi connectivity index (χ2v) is 7.02. The molecule has 2 N–H and O–H groups in total. The standard InChI is InChI=1S/C24H16N4O4/c29-17-8-6-16(7-9-17)28-14-22(26-27-28)21-13-12-19-20(25-21)2-1-3-23(19)32-18-10-4-15(5-11-18)24(30)31/h1-14,29H,(H,30,31). The Bertz CT molecular complexity index is 1430. The quantitative estimate of drug-likeness (QED) is 0.421. The first-order chi connectivity index (χ1) is 15.6. The fraction of sp³-hybridized carbons (Fsp3) is 0. The number of fused-ring (bicyclic) bond motifs is 1. The van der Waals surface area contributed by atoms with Crippen LogP contribution < -0.4 is 4.74 Å². The molecule has 3 aromatic carbocycles. The normalized spacial score (nSPS) is 10.9. The summed E-state index contributed by atoms with van der Waals surface area (Å²) in [4.78, 5) is 15.7. The van der Waals surface area contributed by atoms with E-state index in [1.807, 2.05) is 30.3 Å². The molecular weight excluding hydrogens is 408 g/mol. The Kier molecular flexibility index (Phi) is 4.72. The molecular formula is C24H16N4O4. The van der Waals surface area contributed by atoms with Gasteiger partial charge in [-0.25, -0.2) is 14.5 Å². The number of phenols is 1. The van der Waals surface area contributed by atoms with Crippen LogP contribution in [0.3, 0.4) is 0 Å². The maximum atomic E-state index is 11.0. The van der Waals surface area contributed by atoms with E-state index in [-0.39, 0.29) is 11.3 Å². The SMILES string of the molecule is O=C(O)c1ccc(Oc2cccc3nc(-c4cn(-c5ccc(O)cc5)nn4)ccc23)cc1. The smallest absolute Gasteiger partial charge is 0.335 e. The van der Waals surface area contributed by atoms with Crippen molar-refractivity contribution < 1.29 is 19.7 Å². The number of pyridine rings is 1. The predicted molar refractivity (Wildman–Crippen MR) is 117 cm³/mol. The van der Waals surface area contributed by atoms with E-state index in [0.29, 0.717) is 22.9 Å². The number of carboxylic acid groups (broad SMARTS) is 1. The first-order valence-electron chi connectivity index (χ1n) is 9.70. The van der Waals surface area contributed by atoms with Gasteiger partial charge in [-0.3, -0.25) is 0 Å². The Morgan fingerprint density at radius 1 is 0.875 bits per heavy atom. The number of carboxylic acids is 1.